The Labute approximate surface area is 189 Å². The number of furan rings is 1. The van der Waals surface area contributed by atoms with E-state index >= 15 is 0 Å². The summed E-state index contributed by atoms with van der Waals surface area (Å²) in [5, 5.41) is 11.2. The van der Waals surface area contributed by atoms with Crippen molar-refractivity contribution in [1.29, 1.82) is 0 Å². The number of aliphatic hydroxyl groups excluding tert-OH is 1. The summed E-state index contributed by atoms with van der Waals surface area (Å²) in [5.41, 5.74) is 1.55. The van der Waals surface area contributed by atoms with E-state index in [1.165, 1.54) is 11.2 Å². The van der Waals surface area contributed by atoms with Crippen LogP contribution in [0.4, 0.5) is 5.69 Å². The fraction of sp³-hybridized carbons (Fsp3) is 0.200. The molecule has 2 aliphatic heterocycles. The first-order valence-corrected chi connectivity index (χ1v) is 10.5. The number of nitrogens with zero attached hydrogens (tertiary/aromatic N) is 1. The number of anilines is 1. The Hall–Kier alpha value is -4.20. The van der Waals surface area contributed by atoms with Crippen molar-refractivity contribution in [3.8, 4) is 17.2 Å². The van der Waals surface area contributed by atoms with Crippen molar-refractivity contribution >= 4 is 23.1 Å². The second kappa shape index (κ2) is 8.05. The number of fused-ring (bicyclic) bond motifs is 1. The lowest BCUT2D eigenvalue weighted by Gasteiger charge is -2.23. The number of aliphatic hydroxyl groups is 1. The summed E-state index contributed by atoms with van der Waals surface area (Å²) in [7, 11) is 0. The average Bonchev–Trinajstić information content (AvgIpc) is 3.55. The fourth-order valence-electron chi connectivity index (χ4n) is 4.12. The van der Waals surface area contributed by atoms with Gasteiger partial charge in [0.25, 0.3) is 11.7 Å². The molecule has 168 valence electrons. The second-order valence-electron chi connectivity index (χ2n) is 7.64. The molecule has 5 rings (SSSR count). The number of ketones is 1. The molecule has 1 unspecified atom stereocenters. The Morgan fingerprint density at radius 1 is 1.12 bits per heavy atom. The third-order valence-electron chi connectivity index (χ3n) is 5.64. The minimum absolute atomic E-state index is 0.0591. The van der Waals surface area contributed by atoms with Crippen LogP contribution in [0.15, 0.2) is 64.8 Å². The monoisotopic (exact) mass is 447 g/mol. The van der Waals surface area contributed by atoms with Crippen LogP contribution in [0.2, 0.25) is 0 Å². The zero-order valence-corrected chi connectivity index (χ0v) is 18.0. The highest BCUT2D eigenvalue weighted by Crippen LogP contribution is 2.45. The van der Waals surface area contributed by atoms with E-state index in [1.807, 2.05) is 13.8 Å². The van der Waals surface area contributed by atoms with Gasteiger partial charge >= 0.3 is 0 Å². The maximum absolute atomic E-state index is 13.2. The molecule has 0 radical (unpaired) electrons. The number of carbonyl (C=O) groups excluding carboxylic acids is 2. The molecule has 8 heteroatoms. The average molecular weight is 447 g/mol. The number of hydrogen-bond donors (Lipinski definition) is 1. The Kier molecular flexibility index (Phi) is 5.05. The van der Waals surface area contributed by atoms with Gasteiger partial charge in [0, 0.05) is 17.3 Å². The molecule has 0 spiro atoms. The van der Waals surface area contributed by atoms with E-state index in [-0.39, 0.29) is 18.1 Å². The Bertz CT molecular complexity index is 1280. The fourth-order valence-corrected chi connectivity index (χ4v) is 4.12. The summed E-state index contributed by atoms with van der Waals surface area (Å²) < 4.78 is 21.9. The normalized spacial score (nSPS) is 18.7. The highest BCUT2D eigenvalue weighted by molar-refractivity contribution is 6.51. The molecule has 0 bridgehead atoms. The van der Waals surface area contributed by atoms with Crippen molar-refractivity contribution in [1.82, 2.24) is 0 Å². The molecule has 0 aliphatic carbocycles. The largest absolute Gasteiger partial charge is 0.507 e. The molecular weight excluding hydrogens is 426 g/mol. The van der Waals surface area contributed by atoms with Crippen LogP contribution in [0.3, 0.4) is 0 Å². The van der Waals surface area contributed by atoms with Crippen molar-refractivity contribution in [2.45, 2.75) is 19.9 Å². The van der Waals surface area contributed by atoms with E-state index in [9.17, 15) is 14.7 Å². The Morgan fingerprint density at radius 2 is 1.94 bits per heavy atom. The van der Waals surface area contributed by atoms with E-state index in [0.29, 0.717) is 40.9 Å². The Balaban J connectivity index is 1.65. The molecule has 2 aromatic carbocycles. The van der Waals surface area contributed by atoms with Crippen LogP contribution < -0.4 is 19.1 Å². The number of Topliss-reactive ketones (excluding diaryl/α,β-unsaturated/α-hetero) is 1. The maximum Gasteiger partial charge on any atom is 0.300 e. The maximum atomic E-state index is 13.2. The molecular formula is C25H21NO7. The van der Waals surface area contributed by atoms with Crippen molar-refractivity contribution in [2.75, 3.05) is 18.3 Å². The molecule has 1 aromatic heterocycles. The molecule has 1 atom stereocenters. The number of amides is 1. The number of aryl methyl sites for hydroxylation is 1. The predicted octanol–water partition coefficient (Wildman–Crippen LogP) is 4.34. The molecule has 3 heterocycles. The lowest BCUT2D eigenvalue weighted by atomic mass is 9.98. The summed E-state index contributed by atoms with van der Waals surface area (Å²) in [6, 6.07) is 12.4. The SMILES string of the molecule is CCOc1ccc(/C(O)=C2/C(=O)C(=O)N(c3ccc4c(c3)OCO4)C2c2ccco2)cc1C. The quantitative estimate of drug-likeness (QED) is 0.353. The van der Waals surface area contributed by atoms with Gasteiger partial charge in [0.15, 0.2) is 11.5 Å². The lowest BCUT2D eigenvalue weighted by molar-refractivity contribution is -0.132. The van der Waals surface area contributed by atoms with Crippen LogP contribution in [0.5, 0.6) is 17.2 Å². The summed E-state index contributed by atoms with van der Waals surface area (Å²) in [4.78, 5) is 27.6. The van der Waals surface area contributed by atoms with Gasteiger partial charge < -0.3 is 23.7 Å². The van der Waals surface area contributed by atoms with Crippen molar-refractivity contribution in [3.05, 3.63) is 77.3 Å². The molecule has 1 fully saturated rings. The first-order chi connectivity index (χ1) is 16.0. The van der Waals surface area contributed by atoms with Crippen LogP contribution in [0.1, 0.15) is 29.9 Å². The van der Waals surface area contributed by atoms with Gasteiger partial charge in [-0.3, -0.25) is 14.5 Å². The van der Waals surface area contributed by atoms with Crippen LogP contribution in [-0.4, -0.2) is 30.2 Å². The molecule has 1 amide bonds. The van der Waals surface area contributed by atoms with E-state index in [1.54, 1.807) is 48.5 Å². The molecule has 33 heavy (non-hydrogen) atoms. The minimum atomic E-state index is -0.952. The minimum Gasteiger partial charge on any atom is -0.507 e. The van der Waals surface area contributed by atoms with Gasteiger partial charge in [0.2, 0.25) is 6.79 Å². The number of hydrogen-bond acceptors (Lipinski definition) is 7. The van der Waals surface area contributed by atoms with E-state index < -0.39 is 17.7 Å². The van der Waals surface area contributed by atoms with E-state index in [4.69, 9.17) is 18.6 Å². The van der Waals surface area contributed by atoms with Crippen molar-refractivity contribution in [3.63, 3.8) is 0 Å². The first kappa shape index (κ1) is 20.7. The number of ether oxygens (including phenoxy) is 3. The zero-order valence-electron chi connectivity index (χ0n) is 18.0. The molecule has 1 N–H and O–H groups in total. The summed E-state index contributed by atoms with van der Waals surface area (Å²) in [6.07, 6.45) is 1.45. The van der Waals surface area contributed by atoms with E-state index in [0.717, 1.165) is 5.56 Å². The van der Waals surface area contributed by atoms with Gasteiger partial charge in [-0.2, -0.15) is 0 Å². The summed E-state index contributed by atoms with van der Waals surface area (Å²) >= 11 is 0. The molecule has 8 nitrogen and oxygen atoms in total. The number of carbonyl (C=O) groups is 2. The van der Waals surface area contributed by atoms with Gasteiger partial charge in [0.1, 0.15) is 23.3 Å². The standard InChI is InChI=1S/C25H21NO7/c1-3-30-17-8-6-15(11-14(17)2)23(27)21-22(19-5-4-10-31-19)26(25(29)24(21)28)16-7-9-18-20(12-16)33-13-32-18/h4-12,22,27H,3,13H2,1-2H3/b23-21-. The zero-order chi connectivity index (χ0) is 23.1. The number of benzene rings is 2. The van der Waals surface area contributed by atoms with Gasteiger partial charge in [-0.05, 0) is 61.9 Å². The third kappa shape index (κ3) is 3.40. The third-order valence-corrected chi connectivity index (χ3v) is 5.64. The van der Waals surface area contributed by atoms with Crippen LogP contribution in [0, 0.1) is 6.92 Å². The van der Waals surface area contributed by atoms with Crippen LogP contribution in [-0.2, 0) is 9.59 Å². The van der Waals surface area contributed by atoms with E-state index in [2.05, 4.69) is 0 Å². The smallest absolute Gasteiger partial charge is 0.300 e. The van der Waals surface area contributed by atoms with Gasteiger partial charge in [-0.1, -0.05) is 0 Å². The topological polar surface area (TPSA) is 98.4 Å². The summed E-state index contributed by atoms with van der Waals surface area (Å²) in [5.74, 6) is 0.166. The first-order valence-electron chi connectivity index (χ1n) is 10.5. The van der Waals surface area contributed by atoms with Gasteiger partial charge in [-0.25, -0.2) is 0 Å². The van der Waals surface area contributed by atoms with Crippen molar-refractivity contribution in [2.24, 2.45) is 0 Å². The van der Waals surface area contributed by atoms with Gasteiger partial charge in [-0.15, -0.1) is 0 Å². The van der Waals surface area contributed by atoms with Crippen molar-refractivity contribution < 1.29 is 33.3 Å². The van der Waals surface area contributed by atoms with Crippen LogP contribution >= 0.6 is 0 Å². The predicted molar refractivity (Wildman–Crippen MR) is 118 cm³/mol. The highest BCUT2D eigenvalue weighted by Gasteiger charge is 2.48. The second-order valence-corrected chi connectivity index (χ2v) is 7.64. The molecule has 2 aliphatic rings. The molecule has 3 aromatic rings. The van der Waals surface area contributed by atoms with Gasteiger partial charge in [0.05, 0.1) is 18.4 Å². The summed E-state index contributed by atoms with van der Waals surface area (Å²) in [6.45, 7) is 4.31. The lowest BCUT2D eigenvalue weighted by Crippen LogP contribution is -2.29. The number of rotatable bonds is 5. The molecule has 0 saturated carbocycles. The van der Waals surface area contributed by atoms with Crippen LogP contribution in [0.25, 0.3) is 5.76 Å². The Morgan fingerprint density at radius 3 is 2.67 bits per heavy atom. The molecule has 1 saturated heterocycles. The highest BCUT2D eigenvalue weighted by atomic mass is 16.7.